The van der Waals surface area contributed by atoms with Crippen LogP contribution in [0.2, 0.25) is 0 Å². The summed E-state index contributed by atoms with van der Waals surface area (Å²) in [4.78, 5) is 29.8. The molecule has 170 valence electrons. The van der Waals surface area contributed by atoms with E-state index in [1.54, 1.807) is 55.6 Å². The van der Waals surface area contributed by atoms with Gasteiger partial charge in [-0.2, -0.15) is 9.61 Å². The van der Waals surface area contributed by atoms with Crippen LogP contribution in [0.3, 0.4) is 0 Å². The maximum Gasteiger partial charge on any atom is 0.275 e. The van der Waals surface area contributed by atoms with Gasteiger partial charge in [0, 0.05) is 23.7 Å². The summed E-state index contributed by atoms with van der Waals surface area (Å²) in [6, 6.07) is 15.3. The van der Waals surface area contributed by atoms with Gasteiger partial charge in [-0.25, -0.2) is 4.98 Å². The molecule has 0 fully saturated rings. The topological polar surface area (TPSA) is 94.8 Å². The van der Waals surface area contributed by atoms with Crippen molar-refractivity contribution in [2.75, 3.05) is 12.4 Å². The molecule has 2 aromatic heterocycles. The third-order valence-corrected chi connectivity index (χ3v) is 5.70. The molecule has 4 rings (SSSR count). The Kier molecular flexibility index (Phi) is 6.69. The Morgan fingerprint density at radius 2 is 1.79 bits per heavy atom. The van der Waals surface area contributed by atoms with Crippen LogP contribution in [0, 0.1) is 5.92 Å². The molecular weight excluding hydrogens is 440 g/mol. The van der Waals surface area contributed by atoms with E-state index in [1.807, 2.05) is 0 Å². The number of nitrogens with zero attached hydrogens (tertiary/aromatic N) is 3. The fourth-order valence-electron chi connectivity index (χ4n) is 3.14. The molecule has 0 unspecified atom stereocenters. The average Bonchev–Trinajstić information content (AvgIpc) is 3.21. The first-order valence-electron chi connectivity index (χ1n) is 10.5. The lowest BCUT2D eigenvalue weighted by Crippen LogP contribution is -2.16. The molecule has 33 heavy (non-hydrogen) atoms. The molecule has 1 amide bonds. The van der Waals surface area contributed by atoms with E-state index < -0.39 is 0 Å². The van der Waals surface area contributed by atoms with E-state index in [-0.39, 0.29) is 18.1 Å². The zero-order valence-corrected chi connectivity index (χ0v) is 19.4. The highest BCUT2D eigenvalue weighted by Gasteiger charge is 2.11. The Morgan fingerprint density at radius 3 is 2.45 bits per heavy atom. The molecule has 2 heterocycles. The minimum Gasteiger partial charge on any atom is -0.497 e. The smallest absolute Gasteiger partial charge is 0.275 e. The van der Waals surface area contributed by atoms with Gasteiger partial charge in [0.1, 0.15) is 23.1 Å². The molecule has 0 atom stereocenters. The number of hydrogen-bond acceptors (Lipinski definition) is 7. The minimum absolute atomic E-state index is 0.153. The molecule has 0 aliphatic carbocycles. The summed E-state index contributed by atoms with van der Waals surface area (Å²) in [7, 11) is 1.58. The van der Waals surface area contributed by atoms with Crippen LogP contribution in [0.1, 0.15) is 34.9 Å². The molecule has 1 N–H and O–H groups in total. The van der Waals surface area contributed by atoms with Gasteiger partial charge in [-0.15, -0.1) is 0 Å². The first-order valence-corrected chi connectivity index (χ1v) is 11.3. The Hall–Kier alpha value is -3.72. The van der Waals surface area contributed by atoms with E-state index in [4.69, 9.17) is 9.47 Å². The summed E-state index contributed by atoms with van der Waals surface area (Å²) in [5.41, 5.74) is 1.49. The second kappa shape index (κ2) is 9.83. The number of carbonyl (C=O) groups excluding carboxylic acids is 1. The predicted octanol–water partition coefficient (Wildman–Crippen LogP) is 4.19. The van der Waals surface area contributed by atoms with Crippen LogP contribution in [0.5, 0.6) is 11.5 Å². The predicted molar refractivity (Wildman–Crippen MR) is 127 cm³/mol. The Morgan fingerprint density at radius 1 is 1.09 bits per heavy atom. The van der Waals surface area contributed by atoms with E-state index in [1.165, 1.54) is 21.9 Å². The number of rotatable bonds is 8. The zero-order valence-electron chi connectivity index (χ0n) is 18.6. The van der Waals surface area contributed by atoms with Crippen LogP contribution in [-0.4, -0.2) is 27.6 Å². The number of benzene rings is 2. The van der Waals surface area contributed by atoms with Crippen LogP contribution in [0.25, 0.3) is 4.96 Å². The van der Waals surface area contributed by atoms with Gasteiger partial charge < -0.3 is 14.8 Å². The van der Waals surface area contributed by atoms with Crippen LogP contribution in [0.4, 0.5) is 5.69 Å². The number of amides is 1. The van der Waals surface area contributed by atoms with E-state index in [2.05, 4.69) is 29.2 Å². The second-order valence-electron chi connectivity index (χ2n) is 7.87. The van der Waals surface area contributed by atoms with E-state index in [9.17, 15) is 9.59 Å². The lowest BCUT2D eigenvalue weighted by atomic mass is 10.1. The van der Waals surface area contributed by atoms with Crippen molar-refractivity contribution in [3.05, 3.63) is 81.2 Å². The van der Waals surface area contributed by atoms with Gasteiger partial charge in [-0.3, -0.25) is 9.59 Å². The summed E-state index contributed by atoms with van der Waals surface area (Å²) < 4.78 is 12.2. The normalized spacial score (nSPS) is 11.0. The Labute approximate surface area is 194 Å². The maximum absolute atomic E-state index is 12.4. The van der Waals surface area contributed by atoms with Crippen molar-refractivity contribution in [2.45, 2.75) is 26.9 Å². The Balaban J connectivity index is 1.38. The first kappa shape index (κ1) is 22.5. The van der Waals surface area contributed by atoms with Crippen LogP contribution in [-0.2, 0) is 13.0 Å². The fourth-order valence-corrected chi connectivity index (χ4v) is 4.27. The molecule has 2 aromatic carbocycles. The van der Waals surface area contributed by atoms with Crippen LogP contribution < -0.4 is 20.3 Å². The SMILES string of the molecule is COc1ccc(C(=O)Nc2ccc(OCc3cc(=O)n4nc(CC(C)C)sc4n3)cc2)cc1. The number of anilines is 1. The molecule has 0 aliphatic rings. The standard InChI is InChI=1S/C24H24N4O4S/c1-15(2)12-21-27-28-22(29)13-18(26-24(28)33-21)14-32-20-10-6-17(7-11-20)25-23(30)16-4-8-19(31-3)9-5-16/h4-11,13,15H,12,14H2,1-3H3,(H,25,30). The molecule has 8 nitrogen and oxygen atoms in total. The average molecular weight is 465 g/mol. The quantitative estimate of drug-likeness (QED) is 0.420. The zero-order chi connectivity index (χ0) is 23.4. The Bertz CT molecular complexity index is 1310. The summed E-state index contributed by atoms with van der Waals surface area (Å²) in [6.07, 6.45) is 0.806. The van der Waals surface area contributed by atoms with Crippen LogP contribution in [0.15, 0.2) is 59.4 Å². The van der Waals surface area contributed by atoms with Crippen molar-refractivity contribution in [3.63, 3.8) is 0 Å². The highest BCUT2D eigenvalue weighted by Crippen LogP contribution is 2.19. The minimum atomic E-state index is -0.221. The van der Waals surface area contributed by atoms with E-state index in [0.717, 1.165) is 11.4 Å². The summed E-state index contributed by atoms with van der Waals surface area (Å²) >= 11 is 1.42. The van der Waals surface area contributed by atoms with E-state index in [0.29, 0.717) is 39.3 Å². The highest BCUT2D eigenvalue weighted by atomic mass is 32.1. The number of methoxy groups -OCH3 is 1. The van der Waals surface area contributed by atoms with Gasteiger partial charge >= 0.3 is 0 Å². The number of hydrogen-bond donors (Lipinski definition) is 1. The van der Waals surface area contributed by atoms with E-state index >= 15 is 0 Å². The third kappa shape index (κ3) is 5.56. The number of ether oxygens (including phenoxy) is 2. The summed E-state index contributed by atoms with van der Waals surface area (Å²) in [5, 5.41) is 8.09. The van der Waals surface area contributed by atoms with Gasteiger partial charge in [0.2, 0.25) is 4.96 Å². The largest absolute Gasteiger partial charge is 0.497 e. The fraction of sp³-hybridized carbons (Fsp3) is 0.250. The van der Waals surface area contributed by atoms with Crippen molar-refractivity contribution in [1.29, 1.82) is 0 Å². The lowest BCUT2D eigenvalue weighted by Gasteiger charge is -2.08. The van der Waals surface area contributed by atoms with Gasteiger partial charge in [-0.05, 0) is 54.4 Å². The molecule has 0 saturated carbocycles. The molecular formula is C24H24N4O4S. The molecule has 0 spiro atoms. The summed E-state index contributed by atoms with van der Waals surface area (Å²) in [6.45, 7) is 4.37. The van der Waals surface area contributed by atoms with Gasteiger partial charge in [0.05, 0.1) is 12.8 Å². The second-order valence-corrected chi connectivity index (χ2v) is 8.91. The summed E-state index contributed by atoms with van der Waals surface area (Å²) in [5.74, 6) is 1.53. The van der Waals surface area contributed by atoms with Crippen molar-refractivity contribution >= 4 is 27.9 Å². The third-order valence-electron chi connectivity index (χ3n) is 4.77. The molecule has 9 heteroatoms. The van der Waals surface area contributed by atoms with Gasteiger partial charge in [-0.1, -0.05) is 25.2 Å². The first-order chi connectivity index (χ1) is 15.9. The highest BCUT2D eigenvalue weighted by molar-refractivity contribution is 7.16. The lowest BCUT2D eigenvalue weighted by molar-refractivity contribution is 0.102. The van der Waals surface area contributed by atoms with Crippen molar-refractivity contribution in [3.8, 4) is 11.5 Å². The molecule has 4 aromatic rings. The van der Waals surface area contributed by atoms with Crippen molar-refractivity contribution in [1.82, 2.24) is 14.6 Å². The number of fused-ring (bicyclic) bond motifs is 1. The molecule has 0 radical (unpaired) electrons. The number of nitrogens with one attached hydrogen (secondary N) is 1. The number of carbonyl (C=O) groups is 1. The van der Waals surface area contributed by atoms with Gasteiger partial charge in [0.15, 0.2) is 0 Å². The van der Waals surface area contributed by atoms with Crippen LogP contribution >= 0.6 is 11.3 Å². The molecule has 0 aliphatic heterocycles. The molecule has 0 bridgehead atoms. The van der Waals surface area contributed by atoms with Crippen molar-refractivity contribution < 1.29 is 14.3 Å². The molecule has 0 saturated heterocycles. The van der Waals surface area contributed by atoms with Crippen molar-refractivity contribution in [2.24, 2.45) is 5.92 Å². The number of aromatic nitrogens is 3. The van der Waals surface area contributed by atoms with Gasteiger partial charge in [0.25, 0.3) is 11.5 Å². The monoisotopic (exact) mass is 464 g/mol. The maximum atomic E-state index is 12.4.